The summed E-state index contributed by atoms with van der Waals surface area (Å²) in [5.74, 6) is 2.67. The van der Waals surface area contributed by atoms with Crippen LogP contribution in [-0.2, 0) is 16.2 Å². The number of benzene rings is 3. The van der Waals surface area contributed by atoms with Crippen LogP contribution in [0.3, 0.4) is 0 Å². The summed E-state index contributed by atoms with van der Waals surface area (Å²) in [4.78, 5) is 2.51. The average molecular weight is 626 g/mol. The summed E-state index contributed by atoms with van der Waals surface area (Å²) in [6, 6.07) is 24.9. The molecular weight excluding hydrogens is 583 g/mol. The zero-order chi connectivity index (χ0) is 32.8. The fourth-order valence-corrected chi connectivity index (χ4v) is 9.38. The monoisotopic (exact) mass is 625 g/mol. The third-order valence-electron chi connectivity index (χ3n) is 12.0. The second kappa shape index (κ2) is 10.3. The molecule has 0 N–H and O–H groups in total. The molecule has 2 unspecified atom stereocenters. The van der Waals surface area contributed by atoms with Crippen molar-refractivity contribution in [3.63, 3.8) is 0 Å². The van der Waals surface area contributed by atoms with Crippen LogP contribution in [0.2, 0.25) is 0 Å². The second-order valence-corrected chi connectivity index (χ2v) is 15.5. The lowest BCUT2D eigenvalue weighted by Gasteiger charge is -2.34. The van der Waals surface area contributed by atoms with E-state index in [2.05, 4.69) is 161 Å². The molecule has 2 heteroatoms. The Hall–Kier alpha value is -4.82. The van der Waals surface area contributed by atoms with E-state index < -0.39 is 0 Å². The molecule has 2 atom stereocenters. The lowest BCUT2D eigenvalue weighted by atomic mass is 9.70. The summed E-state index contributed by atoms with van der Waals surface area (Å²) < 4.78 is 6.62. The van der Waals surface area contributed by atoms with E-state index in [1.165, 1.54) is 55.8 Å². The molecule has 6 aliphatic rings. The van der Waals surface area contributed by atoms with Gasteiger partial charge in [-0.05, 0) is 87.8 Å². The molecule has 48 heavy (non-hydrogen) atoms. The Kier molecular flexibility index (Phi) is 6.32. The molecule has 2 nitrogen and oxygen atoms in total. The number of fused-ring (bicyclic) bond motifs is 4. The van der Waals surface area contributed by atoms with Crippen molar-refractivity contribution in [2.75, 3.05) is 11.4 Å². The quantitative estimate of drug-likeness (QED) is 0.270. The van der Waals surface area contributed by atoms with Crippen molar-refractivity contribution in [3.05, 3.63) is 178 Å². The highest BCUT2D eigenvalue weighted by molar-refractivity contribution is 5.93. The number of allylic oxidation sites excluding steroid dienone is 13. The molecule has 1 aliphatic heterocycles. The van der Waals surface area contributed by atoms with Crippen LogP contribution >= 0.6 is 0 Å². The van der Waals surface area contributed by atoms with Crippen LogP contribution in [0.5, 0.6) is 5.75 Å². The zero-order valence-corrected chi connectivity index (χ0v) is 28.5. The minimum atomic E-state index is -0.0418. The van der Waals surface area contributed by atoms with Gasteiger partial charge in [0.15, 0.2) is 0 Å². The largest absolute Gasteiger partial charge is 0.460 e. The van der Waals surface area contributed by atoms with E-state index >= 15 is 0 Å². The Morgan fingerprint density at radius 2 is 1.69 bits per heavy atom. The first-order chi connectivity index (χ1) is 23.2. The lowest BCUT2D eigenvalue weighted by molar-refractivity contribution is 0.416. The summed E-state index contributed by atoms with van der Waals surface area (Å²) >= 11 is 0. The Morgan fingerprint density at radius 3 is 2.52 bits per heavy atom. The van der Waals surface area contributed by atoms with E-state index in [-0.39, 0.29) is 16.2 Å². The smallest absolute Gasteiger partial charge is 0.133 e. The maximum Gasteiger partial charge on any atom is 0.133 e. The normalized spacial score (nSPS) is 24.8. The molecule has 238 valence electrons. The molecular formula is C46H43NO. The molecule has 0 radical (unpaired) electrons. The van der Waals surface area contributed by atoms with Gasteiger partial charge >= 0.3 is 0 Å². The fourth-order valence-electron chi connectivity index (χ4n) is 9.38. The molecule has 3 aromatic carbocycles. The summed E-state index contributed by atoms with van der Waals surface area (Å²) in [7, 11) is 0. The molecule has 0 aromatic heterocycles. The molecule has 9 rings (SSSR count). The maximum atomic E-state index is 6.62. The van der Waals surface area contributed by atoms with E-state index in [9.17, 15) is 0 Å². The number of hydrogen-bond acceptors (Lipinski definition) is 2. The molecule has 0 amide bonds. The van der Waals surface area contributed by atoms with Crippen LogP contribution in [0.15, 0.2) is 151 Å². The lowest BCUT2D eigenvalue weighted by Crippen LogP contribution is -2.25. The molecule has 1 saturated carbocycles. The van der Waals surface area contributed by atoms with Gasteiger partial charge in [-0.15, -0.1) is 0 Å². The van der Waals surface area contributed by atoms with Crippen molar-refractivity contribution in [2.45, 2.75) is 63.2 Å². The molecule has 3 aromatic rings. The topological polar surface area (TPSA) is 12.5 Å². The summed E-state index contributed by atoms with van der Waals surface area (Å²) in [6.45, 7) is 14.4. The van der Waals surface area contributed by atoms with Crippen LogP contribution in [0.25, 0.3) is 11.1 Å². The molecule has 1 heterocycles. The Labute approximate surface area is 285 Å². The van der Waals surface area contributed by atoms with Crippen LogP contribution in [0.1, 0.15) is 74.8 Å². The van der Waals surface area contributed by atoms with Gasteiger partial charge in [-0.25, -0.2) is 0 Å². The van der Waals surface area contributed by atoms with Crippen LogP contribution in [-0.4, -0.2) is 6.54 Å². The number of anilines is 1. The van der Waals surface area contributed by atoms with Gasteiger partial charge in [0.1, 0.15) is 11.5 Å². The van der Waals surface area contributed by atoms with Gasteiger partial charge < -0.3 is 9.64 Å². The Balaban J connectivity index is 1.16. The molecule has 0 bridgehead atoms. The molecule has 1 fully saturated rings. The highest BCUT2D eigenvalue weighted by atomic mass is 16.5. The standard InChI is InChI=1S/C46H43NO/c1-6-30-28-44(2,3)36-19-9-7-16-34(36)33(30)18-14-26-47(32-24-25-38-41(27-32)48-42-23-13-15-31-29-46(31,38)42)40-22-12-11-21-39-43(40)35-17-8-10-20-37(35)45(39,4)5/h6-20,22-25,27,31H,1,21,26,28-29H2,2-5H3/b18-14-. The number of hydrogen-bond donors (Lipinski definition) is 0. The van der Waals surface area contributed by atoms with E-state index in [1.807, 2.05) is 0 Å². The first-order valence-electron chi connectivity index (χ1n) is 17.6. The zero-order valence-electron chi connectivity index (χ0n) is 28.5. The van der Waals surface area contributed by atoms with Crippen molar-refractivity contribution in [2.24, 2.45) is 5.92 Å². The number of rotatable bonds is 6. The van der Waals surface area contributed by atoms with E-state index in [0.29, 0.717) is 5.92 Å². The fraction of sp³-hybridized carbons (Fsp3) is 0.261. The third-order valence-corrected chi connectivity index (χ3v) is 12.0. The van der Waals surface area contributed by atoms with E-state index in [1.54, 1.807) is 0 Å². The van der Waals surface area contributed by atoms with Gasteiger partial charge in [-0.1, -0.05) is 131 Å². The van der Waals surface area contributed by atoms with Gasteiger partial charge in [0.05, 0.1) is 5.41 Å². The minimum absolute atomic E-state index is 0.0418. The van der Waals surface area contributed by atoms with Gasteiger partial charge in [-0.2, -0.15) is 0 Å². The maximum absolute atomic E-state index is 6.62. The second-order valence-electron chi connectivity index (χ2n) is 15.5. The number of ether oxygens (including phenoxy) is 1. The van der Waals surface area contributed by atoms with Crippen molar-refractivity contribution < 1.29 is 4.74 Å². The van der Waals surface area contributed by atoms with Crippen molar-refractivity contribution >= 4 is 16.8 Å². The predicted octanol–water partition coefficient (Wildman–Crippen LogP) is 11.1. The highest BCUT2D eigenvalue weighted by Gasteiger charge is 2.63. The van der Waals surface area contributed by atoms with Crippen molar-refractivity contribution in [3.8, 4) is 5.75 Å². The first kappa shape index (κ1) is 29.3. The van der Waals surface area contributed by atoms with Gasteiger partial charge in [0.25, 0.3) is 0 Å². The first-order valence-corrected chi connectivity index (χ1v) is 17.6. The van der Waals surface area contributed by atoms with Crippen LogP contribution < -0.4 is 9.64 Å². The molecule has 0 saturated heterocycles. The summed E-state index contributed by atoms with van der Waals surface area (Å²) in [5, 5.41) is 0. The van der Waals surface area contributed by atoms with Gasteiger partial charge in [0.2, 0.25) is 0 Å². The van der Waals surface area contributed by atoms with Gasteiger partial charge in [-0.3, -0.25) is 0 Å². The summed E-state index contributed by atoms with van der Waals surface area (Å²) in [5.41, 5.74) is 14.7. The summed E-state index contributed by atoms with van der Waals surface area (Å²) in [6.07, 6.45) is 23.4. The SMILES string of the molecule is C=CC1=C(/C=C\CN(C2=CC=CCC3=C2c2ccccc2C3(C)C)c2ccc3c(c2)OC2=CC=CC4CC234)c2ccccc2C(C)(C)C1. The minimum Gasteiger partial charge on any atom is -0.460 e. The molecule has 1 spiro atoms. The van der Waals surface area contributed by atoms with Crippen LogP contribution in [0.4, 0.5) is 5.69 Å². The third kappa shape index (κ3) is 4.11. The highest BCUT2D eigenvalue weighted by Crippen LogP contribution is 2.67. The van der Waals surface area contributed by atoms with Crippen LogP contribution in [0, 0.1) is 5.92 Å². The Morgan fingerprint density at radius 1 is 0.896 bits per heavy atom. The van der Waals surface area contributed by atoms with Crippen molar-refractivity contribution in [1.29, 1.82) is 0 Å². The molecule has 5 aliphatic carbocycles. The van der Waals surface area contributed by atoms with E-state index in [0.717, 1.165) is 43.0 Å². The Bertz CT molecular complexity index is 2140. The van der Waals surface area contributed by atoms with Gasteiger partial charge in [0, 0.05) is 40.5 Å². The van der Waals surface area contributed by atoms with Crippen molar-refractivity contribution in [1.82, 2.24) is 0 Å². The van der Waals surface area contributed by atoms with E-state index in [4.69, 9.17) is 4.74 Å². The predicted molar refractivity (Wildman–Crippen MR) is 200 cm³/mol. The average Bonchev–Trinajstić information content (AvgIpc) is 3.76. The number of nitrogens with zero attached hydrogens (tertiary/aromatic N) is 1.